The first-order chi connectivity index (χ1) is 25.4. The molecule has 12 aromatic rings. The van der Waals surface area contributed by atoms with Crippen molar-refractivity contribution in [2.75, 3.05) is 0 Å². The molecule has 51 heavy (non-hydrogen) atoms. The molecule has 8 aromatic carbocycles. The van der Waals surface area contributed by atoms with Gasteiger partial charge in [0.25, 0.3) is 0 Å². The normalized spacial score (nSPS) is 14.0. The Labute approximate surface area is 292 Å². The third kappa shape index (κ3) is 2.85. The van der Waals surface area contributed by atoms with Gasteiger partial charge in [-0.25, -0.2) is 0 Å². The zero-order valence-corrected chi connectivity index (χ0v) is 27.6. The number of rotatable bonds is 2. The van der Waals surface area contributed by atoms with Crippen molar-refractivity contribution >= 4 is 76.2 Å². The van der Waals surface area contributed by atoms with Crippen molar-refractivity contribution in [1.29, 1.82) is 0 Å². The van der Waals surface area contributed by atoms with Crippen molar-refractivity contribution in [3.8, 4) is 11.1 Å². The lowest BCUT2D eigenvalue weighted by Crippen LogP contribution is -2.29. The fourth-order valence-corrected chi connectivity index (χ4v) is 10.5. The van der Waals surface area contributed by atoms with Crippen molar-refractivity contribution in [3.05, 3.63) is 192 Å². The van der Waals surface area contributed by atoms with Gasteiger partial charge >= 0.3 is 0 Å². The molecule has 2 nitrogen and oxygen atoms in total. The monoisotopic (exact) mass is 644 g/mol. The Bertz CT molecular complexity index is 3360. The van der Waals surface area contributed by atoms with Crippen LogP contribution in [0.4, 0.5) is 0 Å². The van der Waals surface area contributed by atoms with Crippen molar-refractivity contribution in [2.45, 2.75) is 5.41 Å². The van der Waals surface area contributed by atoms with Gasteiger partial charge in [-0.3, -0.25) is 0 Å². The number of hydrogen-bond donors (Lipinski definition) is 0. The minimum Gasteiger partial charge on any atom is -0.308 e. The molecule has 0 atom stereocenters. The van der Waals surface area contributed by atoms with E-state index in [1.807, 2.05) is 0 Å². The summed E-state index contributed by atoms with van der Waals surface area (Å²) in [6.45, 7) is 0. The molecule has 0 radical (unpaired) electrons. The van der Waals surface area contributed by atoms with Crippen LogP contribution in [0.5, 0.6) is 0 Å². The number of para-hydroxylation sites is 3. The summed E-state index contributed by atoms with van der Waals surface area (Å²) in [6.07, 6.45) is 0. The van der Waals surface area contributed by atoms with Gasteiger partial charge in [0.15, 0.2) is 0 Å². The minimum atomic E-state index is -0.502. The molecule has 0 N–H and O–H groups in total. The largest absolute Gasteiger partial charge is 0.308 e. The van der Waals surface area contributed by atoms with Gasteiger partial charge in [-0.15, -0.1) is 0 Å². The van der Waals surface area contributed by atoms with Gasteiger partial charge < -0.3 is 8.80 Å². The van der Waals surface area contributed by atoms with Crippen molar-refractivity contribution in [2.24, 2.45) is 0 Å². The van der Waals surface area contributed by atoms with Gasteiger partial charge in [-0.2, -0.15) is 0 Å². The van der Waals surface area contributed by atoms with E-state index in [1.165, 1.54) is 110 Å². The zero-order chi connectivity index (χ0) is 33.0. The molecule has 0 amide bonds. The fraction of sp³-hybridized carbons (Fsp3) is 0.0204. The van der Waals surface area contributed by atoms with Gasteiger partial charge in [-0.1, -0.05) is 152 Å². The Morgan fingerprint density at radius 2 is 0.941 bits per heavy atom. The molecule has 234 valence electrons. The Morgan fingerprint density at radius 3 is 1.73 bits per heavy atom. The van der Waals surface area contributed by atoms with Crippen molar-refractivity contribution < 1.29 is 0 Å². The Kier molecular flexibility index (Phi) is 4.60. The smallest absolute Gasteiger partial charge is 0.0734 e. The molecular formula is C49H28N2. The molecule has 0 bridgehead atoms. The second-order valence-corrected chi connectivity index (χ2v) is 14.4. The van der Waals surface area contributed by atoms with E-state index in [0.717, 1.165) is 0 Å². The van der Waals surface area contributed by atoms with Gasteiger partial charge in [0, 0.05) is 48.7 Å². The van der Waals surface area contributed by atoms with E-state index >= 15 is 0 Å². The third-order valence-corrected chi connectivity index (χ3v) is 12.2. The number of benzene rings is 8. The molecule has 2 heteroatoms. The summed E-state index contributed by atoms with van der Waals surface area (Å²) < 4.78 is 5.17. The average molecular weight is 645 g/mol. The highest BCUT2D eigenvalue weighted by Crippen LogP contribution is 2.60. The van der Waals surface area contributed by atoms with Crippen molar-refractivity contribution in [1.82, 2.24) is 8.80 Å². The summed E-state index contributed by atoms with van der Waals surface area (Å²) >= 11 is 0. The second kappa shape index (κ2) is 8.93. The zero-order valence-electron chi connectivity index (χ0n) is 27.6. The SMILES string of the molecule is c1ccc(C2(c3ccccc3)c3ccccc3-c3ccc4c5cc6c(c7cccc8c9ccccc9n6c87)c6c7ccccc7n(c4c32)c56)cc1. The topological polar surface area (TPSA) is 8.82 Å². The van der Waals surface area contributed by atoms with Gasteiger partial charge in [0.05, 0.1) is 38.5 Å². The van der Waals surface area contributed by atoms with Crippen LogP contribution in [0.3, 0.4) is 0 Å². The van der Waals surface area contributed by atoms with Crippen LogP contribution in [0.15, 0.2) is 170 Å². The lowest BCUT2D eigenvalue weighted by atomic mass is 9.67. The fourth-order valence-electron chi connectivity index (χ4n) is 10.5. The average Bonchev–Trinajstić information content (AvgIpc) is 3.98. The highest BCUT2D eigenvalue weighted by Gasteiger charge is 2.48. The quantitative estimate of drug-likeness (QED) is 0.177. The second-order valence-electron chi connectivity index (χ2n) is 14.4. The van der Waals surface area contributed by atoms with E-state index in [0.29, 0.717) is 0 Å². The van der Waals surface area contributed by atoms with Gasteiger partial charge in [-0.05, 0) is 46.0 Å². The van der Waals surface area contributed by atoms with Crippen LogP contribution in [0.1, 0.15) is 22.3 Å². The summed E-state index contributed by atoms with van der Waals surface area (Å²) in [5, 5.41) is 10.6. The summed E-state index contributed by atoms with van der Waals surface area (Å²) in [4.78, 5) is 0. The summed E-state index contributed by atoms with van der Waals surface area (Å²) in [5.41, 5.74) is 15.1. The van der Waals surface area contributed by atoms with E-state index in [1.54, 1.807) is 0 Å². The summed E-state index contributed by atoms with van der Waals surface area (Å²) in [6, 6.07) is 63.7. The van der Waals surface area contributed by atoms with Crippen LogP contribution in [-0.2, 0) is 5.41 Å². The Balaban J connectivity index is 1.33. The first-order valence-electron chi connectivity index (χ1n) is 17.9. The van der Waals surface area contributed by atoms with E-state index in [2.05, 4.69) is 179 Å². The molecule has 0 saturated heterocycles. The van der Waals surface area contributed by atoms with E-state index in [-0.39, 0.29) is 0 Å². The third-order valence-electron chi connectivity index (χ3n) is 12.2. The van der Waals surface area contributed by atoms with Gasteiger partial charge in [0.1, 0.15) is 0 Å². The van der Waals surface area contributed by atoms with Crippen LogP contribution in [0.25, 0.3) is 87.3 Å². The number of nitrogens with zero attached hydrogens (tertiary/aromatic N) is 2. The van der Waals surface area contributed by atoms with Gasteiger partial charge in [0.2, 0.25) is 0 Å². The van der Waals surface area contributed by atoms with Crippen LogP contribution in [0.2, 0.25) is 0 Å². The maximum absolute atomic E-state index is 2.63. The highest BCUT2D eigenvalue weighted by molar-refractivity contribution is 6.38. The molecule has 0 spiro atoms. The highest BCUT2D eigenvalue weighted by atomic mass is 14.9. The van der Waals surface area contributed by atoms with Crippen LogP contribution in [-0.4, -0.2) is 8.80 Å². The number of hydrogen-bond acceptors (Lipinski definition) is 0. The Hall–Kier alpha value is -6.64. The van der Waals surface area contributed by atoms with Crippen molar-refractivity contribution in [3.63, 3.8) is 0 Å². The molecule has 0 fully saturated rings. The number of aromatic nitrogens is 2. The molecule has 4 heterocycles. The molecule has 0 unspecified atom stereocenters. The Morgan fingerprint density at radius 1 is 0.333 bits per heavy atom. The molecular weight excluding hydrogens is 617 g/mol. The molecule has 4 aromatic heterocycles. The minimum absolute atomic E-state index is 0.502. The molecule has 13 rings (SSSR count). The summed E-state index contributed by atoms with van der Waals surface area (Å²) in [7, 11) is 0. The molecule has 0 saturated carbocycles. The predicted octanol–water partition coefficient (Wildman–Crippen LogP) is 12.3. The maximum Gasteiger partial charge on any atom is 0.0734 e. The van der Waals surface area contributed by atoms with E-state index in [9.17, 15) is 0 Å². The van der Waals surface area contributed by atoms with Crippen LogP contribution < -0.4 is 0 Å². The lowest BCUT2D eigenvalue weighted by molar-refractivity contribution is 0.773. The van der Waals surface area contributed by atoms with Crippen LogP contribution in [0, 0.1) is 0 Å². The summed E-state index contributed by atoms with van der Waals surface area (Å²) in [5.74, 6) is 0. The first-order valence-corrected chi connectivity index (χ1v) is 17.9. The lowest BCUT2D eigenvalue weighted by Gasteiger charge is -2.34. The van der Waals surface area contributed by atoms with E-state index in [4.69, 9.17) is 0 Å². The predicted molar refractivity (Wildman–Crippen MR) is 213 cm³/mol. The number of fused-ring (bicyclic) bond motifs is 17. The first kappa shape index (κ1) is 26.3. The maximum atomic E-state index is 2.63. The molecule has 0 aliphatic heterocycles. The molecule has 1 aliphatic rings. The van der Waals surface area contributed by atoms with Crippen LogP contribution >= 0.6 is 0 Å². The molecule has 1 aliphatic carbocycles. The van der Waals surface area contributed by atoms with E-state index < -0.39 is 5.41 Å². The standard InChI is InChI=1S/C49H28N2/c1-3-14-29(15-4-1)49(30-16-5-2-6-17-30)39-23-10-7-18-31(39)33-26-27-35-38-28-42-43(37-22-13-21-34-32-19-8-11-24-40(32)50(42)46(34)37)44-36-20-9-12-25-41(36)51(47(38)44)48(35)45(33)49/h1-28H.